The van der Waals surface area contributed by atoms with Crippen LogP contribution in [0.25, 0.3) is 0 Å². The highest BCUT2D eigenvalue weighted by atomic mass is 14.0. The van der Waals surface area contributed by atoms with Crippen LogP contribution in [0.2, 0.25) is 0 Å². The van der Waals surface area contributed by atoms with Gasteiger partial charge in [0.25, 0.3) is 0 Å². The van der Waals surface area contributed by atoms with E-state index in [-0.39, 0.29) is 0 Å². The molecule has 30 heavy (non-hydrogen) atoms. The first kappa shape index (κ1) is 31.9. The SMILES string of the molecule is C=CCCCCCCCCCCCCC.CCCCCCCCCCCCCCC. The zero-order valence-electron chi connectivity index (χ0n) is 22.0. The molecule has 0 N–H and O–H groups in total. The van der Waals surface area contributed by atoms with Gasteiger partial charge in [-0.1, -0.05) is 175 Å². The minimum absolute atomic E-state index is 1.21. The van der Waals surface area contributed by atoms with Crippen molar-refractivity contribution >= 4 is 0 Å². The Morgan fingerprint density at radius 3 is 0.733 bits per heavy atom. The van der Waals surface area contributed by atoms with Crippen molar-refractivity contribution < 1.29 is 0 Å². The quantitative estimate of drug-likeness (QED) is 0.107. The number of unbranched alkanes of at least 4 members (excludes halogenated alkanes) is 23. The summed E-state index contributed by atoms with van der Waals surface area (Å²) in [4.78, 5) is 0. The van der Waals surface area contributed by atoms with Crippen molar-refractivity contribution in [3.8, 4) is 0 Å². The zero-order valence-corrected chi connectivity index (χ0v) is 22.0. The molecule has 0 heterocycles. The van der Waals surface area contributed by atoms with Gasteiger partial charge < -0.3 is 0 Å². The van der Waals surface area contributed by atoms with Gasteiger partial charge in [0, 0.05) is 0 Å². The molecule has 0 fully saturated rings. The second-order valence-electron chi connectivity index (χ2n) is 9.50. The monoisotopic (exact) mass is 422 g/mol. The molecule has 0 aliphatic carbocycles. The van der Waals surface area contributed by atoms with Gasteiger partial charge in [-0.05, 0) is 12.8 Å². The lowest BCUT2D eigenvalue weighted by Crippen LogP contribution is -1.82. The highest BCUT2D eigenvalue weighted by Gasteiger charge is 1.93. The van der Waals surface area contributed by atoms with Gasteiger partial charge in [-0.3, -0.25) is 0 Å². The Balaban J connectivity index is 0. The van der Waals surface area contributed by atoms with Crippen LogP contribution < -0.4 is 0 Å². The van der Waals surface area contributed by atoms with Gasteiger partial charge in [0.2, 0.25) is 0 Å². The maximum Gasteiger partial charge on any atom is -0.0353 e. The van der Waals surface area contributed by atoms with E-state index < -0.39 is 0 Å². The third kappa shape index (κ3) is 35.2. The second kappa shape index (κ2) is 33.4. The molecular weight excluding hydrogens is 360 g/mol. The third-order valence-corrected chi connectivity index (χ3v) is 6.22. The van der Waals surface area contributed by atoms with Gasteiger partial charge in [-0.25, -0.2) is 0 Å². The Bertz CT molecular complexity index is 255. The summed E-state index contributed by atoms with van der Waals surface area (Å²) in [6.07, 6.45) is 37.9. The highest BCUT2D eigenvalue weighted by Crippen LogP contribution is 2.13. The van der Waals surface area contributed by atoms with E-state index in [1.807, 2.05) is 6.08 Å². The molecule has 0 nitrogen and oxygen atoms in total. The predicted octanol–water partition coefficient (Wildman–Crippen LogP) is 12.0. The van der Waals surface area contributed by atoms with E-state index in [1.165, 1.54) is 161 Å². The molecule has 0 atom stereocenters. The molecule has 0 bridgehead atoms. The summed E-state index contributed by atoms with van der Waals surface area (Å²) in [5.74, 6) is 0. The smallest absolute Gasteiger partial charge is 0.0353 e. The van der Waals surface area contributed by atoms with Crippen LogP contribution in [-0.2, 0) is 0 Å². The van der Waals surface area contributed by atoms with Crippen molar-refractivity contribution in [3.63, 3.8) is 0 Å². The third-order valence-electron chi connectivity index (χ3n) is 6.22. The first-order valence-corrected chi connectivity index (χ1v) is 14.4. The molecule has 0 spiro atoms. The molecule has 0 saturated heterocycles. The van der Waals surface area contributed by atoms with E-state index in [9.17, 15) is 0 Å². The Kier molecular flexibility index (Phi) is 35.5. The number of hydrogen-bond acceptors (Lipinski definition) is 0. The molecular formula is C30H62. The summed E-state index contributed by atoms with van der Waals surface area (Å²) < 4.78 is 0. The molecule has 0 aromatic rings. The van der Waals surface area contributed by atoms with E-state index in [1.54, 1.807) is 0 Å². The van der Waals surface area contributed by atoms with Crippen LogP contribution in [0, 0.1) is 0 Å². The lowest BCUT2D eigenvalue weighted by molar-refractivity contribution is 0.542. The summed E-state index contributed by atoms with van der Waals surface area (Å²) in [7, 11) is 0. The molecule has 182 valence electrons. The molecule has 0 aliphatic heterocycles. The van der Waals surface area contributed by atoms with Crippen molar-refractivity contribution in [1.29, 1.82) is 0 Å². The summed E-state index contributed by atoms with van der Waals surface area (Å²) in [6, 6.07) is 0. The standard InChI is InChI=1S/C15H32.C15H30/c2*1-3-5-7-9-11-13-15-14-12-10-8-6-4-2/h3-15H2,1-2H3;3H,1,4-15H2,2H3. The molecule has 0 unspecified atom stereocenters. The van der Waals surface area contributed by atoms with Crippen molar-refractivity contribution in [1.82, 2.24) is 0 Å². The summed E-state index contributed by atoms with van der Waals surface area (Å²) in [5, 5.41) is 0. The maximum atomic E-state index is 3.74. The summed E-state index contributed by atoms with van der Waals surface area (Å²) in [6.45, 7) is 10.6. The van der Waals surface area contributed by atoms with Crippen LogP contribution in [0.15, 0.2) is 12.7 Å². The number of allylic oxidation sites excluding steroid dienone is 1. The zero-order chi connectivity index (χ0) is 22.4. The van der Waals surface area contributed by atoms with E-state index in [2.05, 4.69) is 27.4 Å². The Morgan fingerprint density at radius 2 is 0.533 bits per heavy atom. The average Bonchev–Trinajstić information content (AvgIpc) is 2.76. The van der Waals surface area contributed by atoms with Crippen molar-refractivity contribution in [2.75, 3.05) is 0 Å². The van der Waals surface area contributed by atoms with Crippen molar-refractivity contribution in [2.45, 2.75) is 181 Å². The molecule has 0 saturated carbocycles. The summed E-state index contributed by atoms with van der Waals surface area (Å²) in [5.41, 5.74) is 0. The van der Waals surface area contributed by atoms with Gasteiger partial charge in [-0.15, -0.1) is 6.58 Å². The largest absolute Gasteiger partial charge is 0.103 e. The minimum atomic E-state index is 1.21. The average molecular weight is 423 g/mol. The predicted molar refractivity (Wildman–Crippen MR) is 143 cm³/mol. The minimum Gasteiger partial charge on any atom is -0.103 e. The van der Waals surface area contributed by atoms with E-state index in [4.69, 9.17) is 0 Å². The van der Waals surface area contributed by atoms with Crippen molar-refractivity contribution in [3.05, 3.63) is 12.7 Å². The molecule has 0 rings (SSSR count). The van der Waals surface area contributed by atoms with E-state index in [0.29, 0.717) is 0 Å². The fourth-order valence-electron chi connectivity index (χ4n) is 4.04. The summed E-state index contributed by atoms with van der Waals surface area (Å²) >= 11 is 0. The Labute approximate surface area is 194 Å². The molecule has 0 aromatic heterocycles. The van der Waals surface area contributed by atoms with Gasteiger partial charge in [0.15, 0.2) is 0 Å². The van der Waals surface area contributed by atoms with Crippen LogP contribution in [0.3, 0.4) is 0 Å². The number of hydrogen-bond donors (Lipinski definition) is 0. The molecule has 0 aliphatic rings. The first-order chi connectivity index (χ1) is 14.8. The van der Waals surface area contributed by atoms with Crippen LogP contribution in [0.4, 0.5) is 0 Å². The van der Waals surface area contributed by atoms with Crippen LogP contribution in [-0.4, -0.2) is 0 Å². The second-order valence-corrected chi connectivity index (χ2v) is 9.50. The fourth-order valence-corrected chi connectivity index (χ4v) is 4.04. The molecule has 0 radical (unpaired) electrons. The lowest BCUT2D eigenvalue weighted by atomic mass is 10.1. The van der Waals surface area contributed by atoms with E-state index in [0.717, 1.165) is 0 Å². The topological polar surface area (TPSA) is 0 Å². The van der Waals surface area contributed by atoms with Crippen LogP contribution in [0.1, 0.15) is 181 Å². The highest BCUT2D eigenvalue weighted by molar-refractivity contribution is 4.65. The number of rotatable bonds is 24. The van der Waals surface area contributed by atoms with Crippen LogP contribution >= 0.6 is 0 Å². The molecule has 0 amide bonds. The van der Waals surface area contributed by atoms with Crippen molar-refractivity contribution in [2.24, 2.45) is 0 Å². The van der Waals surface area contributed by atoms with Gasteiger partial charge >= 0.3 is 0 Å². The molecule has 0 heteroatoms. The Morgan fingerprint density at radius 1 is 0.333 bits per heavy atom. The first-order valence-electron chi connectivity index (χ1n) is 14.4. The lowest BCUT2D eigenvalue weighted by Gasteiger charge is -2.01. The fraction of sp³-hybridized carbons (Fsp3) is 0.933. The van der Waals surface area contributed by atoms with Gasteiger partial charge in [0.1, 0.15) is 0 Å². The van der Waals surface area contributed by atoms with Gasteiger partial charge in [-0.2, -0.15) is 0 Å². The molecule has 0 aromatic carbocycles. The van der Waals surface area contributed by atoms with E-state index >= 15 is 0 Å². The normalized spacial score (nSPS) is 10.6. The Hall–Kier alpha value is -0.260. The van der Waals surface area contributed by atoms with Crippen LogP contribution in [0.5, 0.6) is 0 Å². The van der Waals surface area contributed by atoms with Gasteiger partial charge in [0.05, 0.1) is 0 Å². The maximum absolute atomic E-state index is 3.74.